The van der Waals surface area contributed by atoms with Gasteiger partial charge in [-0.3, -0.25) is 14.4 Å². The summed E-state index contributed by atoms with van der Waals surface area (Å²) in [7, 11) is 3.12. The second kappa shape index (κ2) is 7.82. The van der Waals surface area contributed by atoms with E-state index < -0.39 is 11.1 Å². The lowest BCUT2D eigenvalue weighted by Crippen LogP contribution is -2.39. The van der Waals surface area contributed by atoms with Gasteiger partial charge in [0.1, 0.15) is 0 Å². The molecule has 9 heteroatoms. The van der Waals surface area contributed by atoms with Crippen LogP contribution < -0.4 is 30.8 Å². The molecule has 1 aromatic heterocycles. The number of aromatic nitrogens is 2. The number of benzene rings is 2. The van der Waals surface area contributed by atoms with Crippen LogP contribution in [0.3, 0.4) is 0 Å². The van der Waals surface area contributed by atoms with Crippen LogP contribution in [-0.4, -0.2) is 34.9 Å². The molecule has 1 aliphatic rings. The fraction of sp³-hybridized carbons (Fsp3) is 0.318. The Morgan fingerprint density at radius 1 is 0.968 bits per heavy atom. The number of rotatable bonds is 5. The van der Waals surface area contributed by atoms with E-state index in [0.29, 0.717) is 46.9 Å². The smallest absolute Gasteiger partial charge is 0.316 e. The van der Waals surface area contributed by atoms with Crippen molar-refractivity contribution in [2.75, 3.05) is 30.1 Å². The molecule has 3 aromatic rings. The molecule has 0 bridgehead atoms. The minimum atomic E-state index is -0.626. The zero-order chi connectivity index (χ0) is 22.3. The quantitative estimate of drug-likeness (QED) is 0.630. The molecule has 4 rings (SSSR count). The van der Waals surface area contributed by atoms with E-state index in [4.69, 9.17) is 9.47 Å². The monoisotopic (exact) mass is 424 g/mol. The highest BCUT2D eigenvalue weighted by atomic mass is 16.7. The van der Waals surface area contributed by atoms with Gasteiger partial charge in [-0.2, -0.15) is 0 Å². The number of nitrogens with zero attached hydrogens (tertiary/aromatic N) is 3. The molecule has 0 aliphatic carbocycles. The second-order valence-corrected chi connectivity index (χ2v) is 7.28. The maximum Gasteiger partial charge on any atom is 0.316 e. The number of aryl methyl sites for hydroxylation is 2. The van der Waals surface area contributed by atoms with Gasteiger partial charge in [0, 0.05) is 32.7 Å². The van der Waals surface area contributed by atoms with Crippen molar-refractivity contribution >= 4 is 28.3 Å². The van der Waals surface area contributed by atoms with Crippen LogP contribution in [0.5, 0.6) is 11.5 Å². The predicted molar refractivity (Wildman–Crippen MR) is 119 cm³/mol. The van der Waals surface area contributed by atoms with E-state index in [1.807, 2.05) is 19.9 Å². The molecule has 1 amide bonds. The van der Waals surface area contributed by atoms with E-state index in [1.165, 1.54) is 9.13 Å². The molecular weight excluding hydrogens is 400 g/mol. The molecule has 0 spiro atoms. The average Bonchev–Trinajstić information content (AvgIpc) is 3.25. The molecular formula is C22H24N4O5. The Morgan fingerprint density at radius 2 is 1.58 bits per heavy atom. The minimum Gasteiger partial charge on any atom is -0.454 e. The van der Waals surface area contributed by atoms with Crippen LogP contribution >= 0.6 is 0 Å². The van der Waals surface area contributed by atoms with Crippen molar-refractivity contribution < 1.29 is 14.3 Å². The predicted octanol–water partition coefficient (Wildman–Crippen LogP) is 2.06. The number of carbonyl (C=O) groups is 1. The molecule has 31 heavy (non-hydrogen) atoms. The van der Waals surface area contributed by atoms with E-state index in [-0.39, 0.29) is 12.7 Å². The summed E-state index contributed by atoms with van der Waals surface area (Å²) >= 11 is 0. The van der Waals surface area contributed by atoms with Gasteiger partial charge in [-0.1, -0.05) is 0 Å². The van der Waals surface area contributed by atoms with Crippen LogP contribution in [0.15, 0.2) is 39.9 Å². The van der Waals surface area contributed by atoms with Crippen LogP contribution in [0.4, 0.5) is 11.4 Å². The second-order valence-electron chi connectivity index (χ2n) is 7.28. The van der Waals surface area contributed by atoms with Gasteiger partial charge in [-0.15, -0.1) is 0 Å². The highest BCUT2D eigenvalue weighted by Gasteiger charge is 2.20. The van der Waals surface area contributed by atoms with Crippen LogP contribution in [0.1, 0.15) is 24.2 Å². The standard InChI is InChI=1S/C22H24N4O5/c1-5-26(6-2)15-11-17-16(24(3)21(28)22(29)25(17)4)10-14(15)23-20(27)13-7-8-18-19(9-13)31-12-30-18/h7-11H,5-6,12H2,1-4H3,(H,23,27). The zero-order valence-electron chi connectivity index (χ0n) is 17.9. The first kappa shape index (κ1) is 20.5. The molecule has 0 saturated carbocycles. The Morgan fingerprint density at radius 3 is 2.23 bits per heavy atom. The largest absolute Gasteiger partial charge is 0.454 e. The SMILES string of the molecule is CCN(CC)c1cc2c(cc1NC(=O)c1ccc3c(c1)OCO3)n(C)c(=O)c(=O)n2C. The van der Waals surface area contributed by atoms with Crippen molar-refractivity contribution in [2.45, 2.75) is 13.8 Å². The fourth-order valence-electron chi connectivity index (χ4n) is 3.77. The fourth-order valence-corrected chi connectivity index (χ4v) is 3.77. The van der Waals surface area contributed by atoms with Gasteiger partial charge in [0.05, 0.1) is 22.4 Å². The molecule has 2 aromatic carbocycles. The van der Waals surface area contributed by atoms with Crippen LogP contribution in [0, 0.1) is 0 Å². The Bertz CT molecular complexity index is 1300. The average molecular weight is 424 g/mol. The Hall–Kier alpha value is -3.75. The molecule has 0 unspecified atom stereocenters. The Kier molecular flexibility index (Phi) is 5.18. The Balaban J connectivity index is 1.85. The van der Waals surface area contributed by atoms with Crippen molar-refractivity contribution in [3.8, 4) is 11.5 Å². The maximum atomic E-state index is 13.0. The van der Waals surface area contributed by atoms with Crippen molar-refractivity contribution in [1.82, 2.24) is 9.13 Å². The number of nitrogens with one attached hydrogen (secondary N) is 1. The topological polar surface area (TPSA) is 94.8 Å². The molecule has 0 saturated heterocycles. The van der Waals surface area contributed by atoms with Gasteiger partial charge in [-0.25, -0.2) is 0 Å². The number of amides is 1. The lowest BCUT2D eigenvalue weighted by molar-refractivity contribution is 0.102. The first-order chi connectivity index (χ1) is 14.8. The molecule has 1 aliphatic heterocycles. The van der Waals surface area contributed by atoms with Crippen LogP contribution in [-0.2, 0) is 14.1 Å². The summed E-state index contributed by atoms with van der Waals surface area (Å²) in [5, 5.41) is 2.96. The number of fused-ring (bicyclic) bond motifs is 2. The molecule has 162 valence electrons. The van der Waals surface area contributed by atoms with E-state index in [2.05, 4.69) is 10.2 Å². The molecule has 2 heterocycles. The van der Waals surface area contributed by atoms with Gasteiger partial charge in [0.25, 0.3) is 5.91 Å². The minimum absolute atomic E-state index is 0.129. The zero-order valence-corrected chi connectivity index (χ0v) is 17.9. The van der Waals surface area contributed by atoms with Gasteiger partial charge >= 0.3 is 11.1 Å². The highest BCUT2D eigenvalue weighted by molar-refractivity contribution is 6.07. The van der Waals surface area contributed by atoms with Crippen LogP contribution in [0.25, 0.3) is 11.0 Å². The van der Waals surface area contributed by atoms with E-state index in [0.717, 1.165) is 5.69 Å². The van der Waals surface area contributed by atoms with E-state index >= 15 is 0 Å². The lowest BCUT2D eigenvalue weighted by atomic mass is 10.1. The van der Waals surface area contributed by atoms with Crippen molar-refractivity contribution in [2.24, 2.45) is 14.1 Å². The van der Waals surface area contributed by atoms with Gasteiger partial charge < -0.3 is 28.8 Å². The van der Waals surface area contributed by atoms with Crippen molar-refractivity contribution in [3.63, 3.8) is 0 Å². The number of carbonyl (C=O) groups excluding carboxylic acids is 1. The number of ether oxygens (including phenoxy) is 2. The van der Waals surface area contributed by atoms with Crippen molar-refractivity contribution in [3.05, 3.63) is 56.6 Å². The van der Waals surface area contributed by atoms with Crippen LogP contribution in [0.2, 0.25) is 0 Å². The lowest BCUT2D eigenvalue weighted by Gasteiger charge is -2.25. The third-order valence-corrected chi connectivity index (χ3v) is 5.59. The molecule has 1 N–H and O–H groups in total. The number of anilines is 2. The Labute approximate surface area is 178 Å². The maximum absolute atomic E-state index is 13.0. The molecule has 0 radical (unpaired) electrons. The third-order valence-electron chi connectivity index (χ3n) is 5.59. The normalized spacial score (nSPS) is 12.3. The number of hydrogen-bond donors (Lipinski definition) is 1. The summed E-state index contributed by atoms with van der Waals surface area (Å²) < 4.78 is 13.3. The summed E-state index contributed by atoms with van der Waals surface area (Å²) in [4.78, 5) is 39.7. The van der Waals surface area contributed by atoms with Gasteiger partial charge in [-0.05, 0) is 44.2 Å². The summed E-state index contributed by atoms with van der Waals surface area (Å²) in [6, 6.07) is 8.56. The summed E-state index contributed by atoms with van der Waals surface area (Å²) in [5.41, 5.74) is 1.66. The third kappa shape index (κ3) is 3.41. The van der Waals surface area contributed by atoms with E-state index in [9.17, 15) is 14.4 Å². The van der Waals surface area contributed by atoms with Crippen molar-refractivity contribution in [1.29, 1.82) is 0 Å². The summed E-state index contributed by atoms with van der Waals surface area (Å²) in [6.07, 6.45) is 0. The molecule has 9 nitrogen and oxygen atoms in total. The number of hydrogen-bond acceptors (Lipinski definition) is 6. The molecule has 0 atom stereocenters. The van der Waals surface area contributed by atoms with Gasteiger partial charge in [0.2, 0.25) is 6.79 Å². The first-order valence-electron chi connectivity index (χ1n) is 10.0. The highest BCUT2D eigenvalue weighted by Crippen LogP contribution is 2.34. The first-order valence-corrected chi connectivity index (χ1v) is 10.0. The summed E-state index contributed by atoms with van der Waals surface area (Å²) in [5.74, 6) is 0.801. The van der Waals surface area contributed by atoms with Gasteiger partial charge in [0.15, 0.2) is 11.5 Å². The van der Waals surface area contributed by atoms with E-state index in [1.54, 1.807) is 38.4 Å². The molecule has 0 fully saturated rings. The summed E-state index contributed by atoms with van der Waals surface area (Å²) in [6.45, 7) is 5.56.